The zero-order chi connectivity index (χ0) is 21.9. The number of aryl methyl sites for hydroxylation is 1. The molecule has 0 radical (unpaired) electrons. The number of hydrogen-bond donors (Lipinski definition) is 2. The van der Waals surface area contributed by atoms with Crippen LogP contribution in [0.15, 0.2) is 39.9 Å². The first-order valence-electron chi connectivity index (χ1n) is 10.5. The molecule has 2 aliphatic rings. The number of aromatic nitrogens is 2. The number of hydrogen-bond acceptors (Lipinski definition) is 9. The molecule has 1 aromatic carbocycles. The van der Waals surface area contributed by atoms with Crippen molar-refractivity contribution in [3.63, 3.8) is 0 Å². The Bertz CT molecular complexity index is 1150. The summed E-state index contributed by atoms with van der Waals surface area (Å²) >= 11 is 0. The van der Waals surface area contributed by atoms with Gasteiger partial charge in [-0.15, -0.1) is 0 Å². The lowest BCUT2D eigenvalue weighted by Gasteiger charge is -2.28. The van der Waals surface area contributed by atoms with E-state index >= 15 is 0 Å². The summed E-state index contributed by atoms with van der Waals surface area (Å²) in [6, 6.07) is 9.69. The third-order valence-electron chi connectivity index (χ3n) is 5.30. The Morgan fingerprint density at radius 1 is 1.19 bits per heavy atom. The number of benzene rings is 1. The number of rotatable bonds is 6. The van der Waals surface area contributed by atoms with Gasteiger partial charge in [-0.2, -0.15) is 15.1 Å². The summed E-state index contributed by atoms with van der Waals surface area (Å²) in [6.45, 7) is 5.63. The normalized spacial score (nSPS) is 17.0. The highest BCUT2D eigenvalue weighted by Crippen LogP contribution is 2.29. The Kier molecular flexibility index (Phi) is 5.70. The predicted molar refractivity (Wildman–Crippen MR) is 119 cm³/mol. The minimum atomic E-state index is -0.295. The van der Waals surface area contributed by atoms with E-state index < -0.39 is 0 Å². The number of furan rings is 1. The number of carbonyl (C=O) groups excluding carboxylic acids is 1. The Morgan fingerprint density at radius 2 is 2.03 bits per heavy atom. The first-order valence-corrected chi connectivity index (χ1v) is 10.5. The van der Waals surface area contributed by atoms with Crippen molar-refractivity contribution in [1.29, 1.82) is 0 Å². The molecule has 0 atom stereocenters. The highest BCUT2D eigenvalue weighted by molar-refractivity contribution is 5.98. The lowest BCUT2D eigenvalue weighted by atomic mass is 10.2. The minimum absolute atomic E-state index is 0.00805. The summed E-state index contributed by atoms with van der Waals surface area (Å²) in [5, 5.41) is 7.83. The Morgan fingerprint density at radius 3 is 2.78 bits per heavy atom. The van der Waals surface area contributed by atoms with Crippen molar-refractivity contribution in [3.8, 4) is 0 Å². The zero-order valence-corrected chi connectivity index (χ0v) is 17.7. The fourth-order valence-corrected chi connectivity index (χ4v) is 3.58. The number of carbonyl (C=O) groups is 1. The number of anilines is 2. The molecule has 166 valence electrons. The zero-order valence-electron chi connectivity index (χ0n) is 17.7. The molecule has 2 saturated heterocycles. The van der Waals surface area contributed by atoms with Crippen molar-refractivity contribution in [1.82, 2.24) is 15.3 Å². The summed E-state index contributed by atoms with van der Waals surface area (Å²) in [6.07, 6.45) is 1.71. The van der Waals surface area contributed by atoms with Crippen LogP contribution in [0.3, 0.4) is 0 Å². The molecule has 0 bridgehead atoms. The van der Waals surface area contributed by atoms with Gasteiger partial charge in [0.1, 0.15) is 5.82 Å². The van der Waals surface area contributed by atoms with Gasteiger partial charge in [0.2, 0.25) is 11.7 Å². The number of amides is 1. The third kappa shape index (κ3) is 4.41. The fraction of sp³-hybridized carbons (Fsp3) is 0.364. The van der Waals surface area contributed by atoms with Crippen molar-refractivity contribution in [2.45, 2.75) is 13.0 Å². The van der Waals surface area contributed by atoms with Gasteiger partial charge >= 0.3 is 0 Å². The molecule has 0 unspecified atom stereocenters. The van der Waals surface area contributed by atoms with Gasteiger partial charge in [-0.3, -0.25) is 4.79 Å². The second-order valence-corrected chi connectivity index (χ2v) is 7.79. The molecule has 2 fully saturated rings. The third-order valence-corrected chi connectivity index (χ3v) is 5.30. The van der Waals surface area contributed by atoms with E-state index in [0.717, 1.165) is 11.1 Å². The van der Waals surface area contributed by atoms with Crippen molar-refractivity contribution >= 4 is 35.0 Å². The maximum Gasteiger partial charge on any atom is 0.287 e. The van der Waals surface area contributed by atoms with Gasteiger partial charge in [0.05, 0.1) is 44.1 Å². The molecule has 2 aromatic heterocycles. The Hall–Kier alpha value is -3.50. The van der Waals surface area contributed by atoms with Crippen LogP contribution in [0.4, 0.5) is 11.8 Å². The Balaban J connectivity index is 1.43. The second-order valence-electron chi connectivity index (χ2n) is 7.79. The lowest BCUT2D eigenvalue weighted by Crippen LogP contribution is -2.48. The van der Waals surface area contributed by atoms with Crippen molar-refractivity contribution < 1.29 is 18.7 Å². The van der Waals surface area contributed by atoms with Crippen LogP contribution in [0, 0.1) is 6.92 Å². The molecule has 4 heterocycles. The SMILES string of the molecule is Cc1cccc(/C=N/Nc2nc(N3CCOCC3)c3cc(C(=O)NC4COC4)oc3n2)c1. The van der Waals surface area contributed by atoms with Gasteiger partial charge in [0.25, 0.3) is 5.91 Å². The highest BCUT2D eigenvalue weighted by atomic mass is 16.5. The van der Waals surface area contributed by atoms with Crippen LogP contribution in [0.5, 0.6) is 0 Å². The van der Waals surface area contributed by atoms with E-state index in [4.69, 9.17) is 13.9 Å². The van der Waals surface area contributed by atoms with Crippen LogP contribution in [0.2, 0.25) is 0 Å². The molecule has 2 aliphatic heterocycles. The molecule has 1 amide bonds. The molecule has 0 aliphatic carbocycles. The van der Waals surface area contributed by atoms with E-state index in [-0.39, 0.29) is 23.7 Å². The van der Waals surface area contributed by atoms with Gasteiger partial charge in [0.15, 0.2) is 5.76 Å². The summed E-state index contributed by atoms with van der Waals surface area (Å²) in [7, 11) is 0. The van der Waals surface area contributed by atoms with Crippen molar-refractivity contribution in [3.05, 3.63) is 47.2 Å². The maximum atomic E-state index is 12.6. The molecule has 32 heavy (non-hydrogen) atoms. The van der Waals surface area contributed by atoms with Crippen LogP contribution in [0.1, 0.15) is 21.7 Å². The molecule has 10 heteroatoms. The number of morpholine rings is 1. The number of nitrogens with one attached hydrogen (secondary N) is 2. The van der Waals surface area contributed by atoms with Gasteiger partial charge < -0.3 is 24.1 Å². The topological polar surface area (TPSA) is 114 Å². The number of nitrogens with zero attached hydrogens (tertiary/aromatic N) is 4. The van der Waals surface area contributed by atoms with Crippen LogP contribution < -0.4 is 15.6 Å². The van der Waals surface area contributed by atoms with Gasteiger partial charge in [0, 0.05) is 19.2 Å². The minimum Gasteiger partial charge on any atom is -0.432 e. The van der Waals surface area contributed by atoms with E-state index in [1.54, 1.807) is 12.3 Å². The van der Waals surface area contributed by atoms with Crippen LogP contribution >= 0.6 is 0 Å². The smallest absolute Gasteiger partial charge is 0.287 e. The monoisotopic (exact) mass is 436 g/mol. The molecular weight excluding hydrogens is 412 g/mol. The average Bonchev–Trinajstić information content (AvgIpc) is 3.21. The number of fused-ring (bicyclic) bond motifs is 1. The van der Waals surface area contributed by atoms with Crippen molar-refractivity contribution in [2.24, 2.45) is 5.10 Å². The fourth-order valence-electron chi connectivity index (χ4n) is 3.58. The lowest BCUT2D eigenvalue weighted by molar-refractivity contribution is -0.00387. The molecule has 0 spiro atoms. The quantitative estimate of drug-likeness (QED) is 0.445. The van der Waals surface area contributed by atoms with E-state index in [1.807, 2.05) is 31.2 Å². The van der Waals surface area contributed by atoms with E-state index in [0.29, 0.717) is 56.4 Å². The summed E-state index contributed by atoms with van der Waals surface area (Å²) in [5.74, 6) is 0.866. The predicted octanol–water partition coefficient (Wildman–Crippen LogP) is 1.94. The number of ether oxygens (including phenoxy) is 2. The van der Waals surface area contributed by atoms with Gasteiger partial charge in [-0.1, -0.05) is 29.8 Å². The largest absolute Gasteiger partial charge is 0.432 e. The summed E-state index contributed by atoms with van der Waals surface area (Å²) in [5.41, 5.74) is 5.32. The standard InChI is InChI=1S/C22H24N6O4/c1-14-3-2-4-15(9-14)11-23-27-22-25-19(28-5-7-30-8-6-28)17-10-18(32-21(17)26-22)20(29)24-16-12-31-13-16/h2-4,9-11,16H,5-8,12-13H2,1H3,(H,24,29)(H,25,26,27)/b23-11+. The average molecular weight is 436 g/mol. The molecule has 0 saturated carbocycles. The van der Waals surface area contributed by atoms with Gasteiger partial charge in [-0.05, 0) is 12.5 Å². The molecular formula is C22H24N6O4. The van der Waals surface area contributed by atoms with Crippen LogP contribution in [0.25, 0.3) is 11.1 Å². The summed E-state index contributed by atoms with van der Waals surface area (Å²) in [4.78, 5) is 23.7. The first kappa shape index (κ1) is 20.4. The van der Waals surface area contributed by atoms with Gasteiger partial charge in [-0.25, -0.2) is 5.43 Å². The van der Waals surface area contributed by atoms with E-state index in [1.165, 1.54) is 0 Å². The first-order chi connectivity index (χ1) is 15.7. The highest BCUT2D eigenvalue weighted by Gasteiger charge is 2.25. The second kappa shape index (κ2) is 8.93. The van der Waals surface area contributed by atoms with Crippen LogP contribution in [-0.2, 0) is 9.47 Å². The molecule has 10 nitrogen and oxygen atoms in total. The Labute approximate surface area is 184 Å². The molecule has 2 N–H and O–H groups in total. The molecule has 5 rings (SSSR count). The van der Waals surface area contributed by atoms with E-state index in [9.17, 15) is 4.79 Å². The number of hydrazone groups is 1. The maximum absolute atomic E-state index is 12.6. The van der Waals surface area contributed by atoms with Crippen molar-refractivity contribution in [2.75, 3.05) is 49.8 Å². The molecule has 3 aromatic rings. The van der Waals surface area contributed by atoms with E-state index in [2.05, 4.69) is 30.7 Å². The van der Waals surface area contributed by atoms with Crippen LogP contribution in [-0.4, -0.2) is 67.6 Å². The summed E-state index contributed by atoms with van der Waals surface area (Å²) < 4.78 is 16.4.